The molecule has 1 heterocycles. The van der Waals surface area contributed by atoms with Crippen LogP contribution in [0, 0.1) is 6.92 Å². The summed E-state index contributed by atoms with van der Waals surface area (Å²) in [6, 6.07) is 9.89. The van der Waals surface area contributed by atoms with Crippen molar-refractivity contribution in [1.29, 1.82) is 0 Å². The van der Waals surface area contributed by atoms with Crippen LogP contribution in [0.4, 0.5) is 8.78 Å². The van der Waals surface area contributed by atoms with E-state index in [1.807, 2.05) is 31.2 Å². The molecule has 0 amide bonds. The van der Waals surface area contributed by atoms with Crippen LogP contribution < -0.4 is 14.2 Å². The highest BCUT2D eigenvalue weighted by Crippen LogP contribution is 2.47. The van der Waals surface area contributed by atoms with Crippen molar-refractivity contribution in [3.8, 4) is 17.2 Å². The second-order valence-electron chi connectivity index (χ2n) is 5.36. The van der Waals surface area contributed by atoms with Crippen LogP contribution in [0.25, 0.3) is 0 Å². The average molecular weight is 336 g/mol. The van der Waals surface area contributed by atoms with Gasteiger partial charge in [-0.15, -0.1) is 8.78 Å². The summed E-state index contributed by atoms with van der Waals surface area (Å²) >= 11 is 0. The van der Waals surface area contributed by atoms with Gasteiger partial charge in [-0.25, -0.2) is 4.79 Å². The number of carboxylic acids is 1. The highest BCUT2D eigenvalue weighted by atomic mass is 19.3. The van der Waals surface area contributed by atoms with Gasteiger partial charge in [-0.1, -0.05) is 29.8 Å². The Morgan fingerprint density at radius 2 is 2.04 bits per heavy atom. The number of carbonyl (C=O) groups is 1. The van der Waals surface area contributed by atoms with E-state index in [-0.39, 0.29) is 29.4 Å². The zero-order valence-corrected chi connectivity index (χ0v) is 12.7. The van der Waals surface area contributed by atoms with Crippen molar-refractivity contribution in [3.05, 3.63) is 53.1 Å². The van der Waals surface area contributed by atoms with Gasteiger partial charge >= 0.3 is 12.3 Å². The lowest BCUT2D eigenvalue weighted by Crippen LogP contribution is -2.26. The number of aromatic carboxylic acids is 1. The number of aryl methyl sites for hydroxylation is 1. The molecule has 0 spiro atoms. The Kier molecular flexibility index (Phi) is 4.01. The second kappa shape index (κ2) is 5.99. The summed E-state index contributed by atoms with van der Waals surface area (Å²) in [7, 11) is 0. The van der Waals surface area contributed by atoms with E-state index in [0.717, 1.165) is 23.3 Å². The van der Waals surface area contributed by atoms with Gasteiger partial charge in [0.05, 0.1) is 12.2 Å². The largest absolute Gasteiger partial charge is 0.586 e. The zero-order valence-electron chi connectivity index (χ0n) is 12.7. The third-order valence-electron chi connectivity index (χ3n) is 3.45. The van der Waals surface area contributed by atoms with Crippen molar-refractivity contribution in [3.63, 3.8) is 0 Å². The smallest absolute Gasteiger partial charge is 0.489 e. The van der Waals surface area contributed by atoms with Crippen LogP contribution in [0.5, 0.6) is 17.2 Å². The van der Waals surface area contributed by atoms with Crippen molar-refractivity contribution in [2.45, 2.75) is 19.6 Å². The maximum Gasteiger partial charge on any atom is 0.586 e. The lowest BCUT2D eigenvalue weighted by molar-refractivity contribution is -0.287. The zero-order chi connectivity index (χ0) is 17.3. The highest BCUT2D eigenvalue weighted by Gasteiger charge is 2.45. The quantitative estimate of drug-likeness (QED) is 0.903. The molecule has 2 aromatic rings. The standard InChI is InChI=1S/C17H14F2O5/c1-10-3-2-4-11(7-10)5-6-22-13-8-12(16(20)21)9-14-15(13)24-17(18,19)23-14/h2-4,7-9H,5-6H2,1H3,(H,20,21). The fourth-order valence-electron chi connectivity index (χ4n) is 2.40. The predicted molar refractivity (Wildman–Crippen MR) is 80.0 cm³/mol. The molecule has 7 heteroatoms. The van der Waals surface area contributed by atoms with Crippen molar-refractivity contribution in [2.75, 3.05) is 6.61 Å². The van der Waals surface area contributed by atoms with Gasteiger partial charge in [-0.05, 0) is 24.6 Å². The van der Waals surface area contributed by atoms with E-state index in [4.69, 9.17) is 9.84 Å². The van der Waals surface area contributed by atoms with Crippen LogP contribution in [0.3, 0.4) is 0 Å². The Morgan fingerprint density at radius 3 is 2.75 bits per heavy atom. The van der Waals surface area contributed by atoms with Crippen LogP contribution in [0.1, 0.15) is 21.5 Å². The normalized spacial score (nSPS) is 14.5. The van der Waals surface area contributed by atoms with Gasteiger partial charge in [-0.3, -0.25) is 0 Å². The molecular weight excluding hydrogens is 322 g/mol. The molecule has 2 aromatic carbocycles. The summed E-state index contributed by atoms with van der Waals surface area (Å²) in [5.41, 5.74) is 1.89. The number of halogens is 2. The Balaban J connectivity index is 1.79. The maximum absolute atomic E-state index is 13.2. The number of carboxylic acid groups (broad SMARTS) is 1. The molecule has 0 saturated heterocycles. The monoisotopic (exact) mass is 336 g/mol. The number of rotatable bonds is 5. The minimum atomic E-state index is -3.84. The summed E-state index contributed by atoms with van der Waals surface area (Å²) in [6.07, 6.45) is -3.31. The molecule has 126 valence electrons. The molecule has 0 atom stereocenters. The first-order valence-electron chi connectivity index (χ1n) is 7.19. The van der Waals surface area contributed by atoms with Crippen LogP contribution in [0.15, 0.2) is 36.4 Å². The lowest BCUT2D eigenvalue weighted by atomic mass is 10.1. The van der Waals surface area contributed by atoms with Gasteiger partial charge in [-0.2, -0.15) is 0 Å². The molecule has 24 heavy (non-hydrogen) atoms. The van der Waals surface area contributed by atoms with Crippen molar-refractivity contribution >= 4 is 5.97 Å². The molecule has 0 saturated carbocycles. The van der Waals surface area contributed by atoms with Crippen LogP contribution in [-0.2, 0) is 6.42 Å². The fraction of sp³-hybridized carbons (Fsp3) is 0.235. The summed E-state index contributed by atoms with van der Waals surface area (Å²) in [4.78, 5) is 11.1. The molecule has 0 bridgehead atoms. The number of ether oxygens (including phenoxy) is 3. The Labute approximate surface area is 136 Å². The number of hydrogen-bond donors (Lipinski definition) is 1. The molecule has 1 aliphatic heterocycles. The number of hydrogen-bond acceptors (Lipinski definition) is 4. The predicted octanol–water partition coefficient (Wildman–Crippen LogP) is 3.64. The van der Waals surface area contributed by atoms with E-state index in [1.54, 1.807) is 0 Å². The summed E-state index contributed by atoms with van der Waals surface area (Å²) in [5, 5.41) is 9.07. The van der Waals surface area contributed by atoms with Gasteiger partial charge in [0.25, 0.3) is 0 Å². The lowest BCUT2D eigenvalue weighted by Gasteiger charge is -2.10. The number of fused-ring (bicyclic) bond motifs is 1. The van der Waals surface area contributed by atoms with Gasteiger partial charge < -0.3 is 19.3 Å². The molecular formula is C17H14F2O5. The Bertz CT molecular complexity index is 789. The number of alkyl halides is 2. The van der Waals surface area contributed by atoms with E-state index in [2.05, 4.69) is 9.47 Å². The second-order valence-corrected chi connectivity index (χ2v) is 5.36. The molecule has 1 aliphatic rings. The molecule has 0 aliphatic carbocycles. The third-order valence-corrected chi connectivity index (χ3v) is 3.45. The minimum absolute atomic E-state index is 0.0882. The molecule has 1 N–H and O–H groups in total. The summed E-state index contributed by atoms with van der Waals surface area (Å²) < 4.78 is 40.7. The van der Waals surface area contributed by atoms with E-state index in [1.165, 1.54) is 0 Å². The average Bonchev–Trinajstić information content (AvgIpc) is 2.81. The Morgan fingerprint density at radius 1 is 1.25 bits per heavy atom. The molecule has 0 radical (unpaired) electrons. The van der Waals surface area contributed by atoms with Crippen molar-refractivity contribution < 1.29 is 32.9 Å². The first-order valence-corrected chi connectivity index (χ1v) is 7.19. The topological polar surface area (TPSA) is 65.0 Å². The minimum Gasteiger partial charge on any atom is -0.489 e. The first-order chi connectivity index (χ1) is 11.3. The third kappa shape index (κ3) is 3.40. The summed E-state index contributed by atoms with van der Waals surface area (Å²) in [6.45, 7) is 2.13. The van der Waals surface area contributed by atoms with E-state index >= 15 is 0 Å². The fourth-order valence-corrected chi connectivity index (χ4v) is 2.40. The van der Waals surface area contributed by atoms with Gasteiger partial charge in [0.15, 0.2) is 11.5 Å². The van der Waals surface area contributed by atoms with Crippen LogP contribution >= 0.6 is 0 Å². The van der Waals surface area contributed by atoms with Crippen LogP contribution in [0.2, 0.25) is 0 Å². The number of benzene rings is 2. The molecule has 0 fully saturated rings. The highest BCUT2D eigenvalue weighted by molar-refractivity contribution is 5.89. The first kappa shape index (κ1) is 16.0. The molecule has 5 nitrogen and oxygen atoms in total. The van der Waals surface area contributed by atoms with Crippen molar-refractivity contribution in [2.24, 2.45) is 0 Å². The van der Waals surface area contributed by atoms with Gasteiger partial charge in [0.1, 0.15) is 0 Å². The van der Waals surface area contributed by atoms with Gasteiger partial charge in [0, 0.05) is 6.42 Å². The van der Waals surface area contributed by atoms with E-state index in [0.29, 0.717) is 6.42 Å². The van der Waals surface area contributed by atoms with E-state index in [9.17, 15) is 13.6 Å². The molecule has 0 unspecified atom stereocenters. The van der Waals surface area contributed by atoms with Gasteiger partial charge in [0.2, 0.25) is 5.75 Å². The van der Waals surface area contributed by atoms with E-state index < -0.39 is 12.3 Å². The summed E-state index contributed by atoms with van der Waals surface area (Å²) in [5.74, 6) is -2.02. The Hall–Kier alpha value is -2.83. The maximum atomic E-state index is 13.2. The van der Waals surface area contributed by atoms with Crippen LogP contribution in [-0.4, -0.2) is 24.0 Å². The van der Waals surface area contributed by atoms with Crippen molar-refractivity contribution in [1.82, 2.24) is 0 Å². The SMILES string of the molecule is Cc1cccc(CCOc2cc(C(=O)O)cc3c2OC(F)(F)O3)c1. The molecule has 3 rings (SSSR count). The molecule has 0 aromatic heterocycles.